The van der Waals surface area contributed by atoms with E-state index in [0.29, 0.717) is 18.8 Å². The van der Waals surface area contributed by atoms with E-state index in [9.17, 15) is 14.0 Å². The second-order valence-electron chi connectivity index (χ2n) is 5.46. The quantitative estimate of drug-likeness (QED) is 0.516. The first-order valence-corrected chi connectivity index (χ1v) is 8.53. The Labute approximate surface area is 161 Å². The minimum Gasteiger partial charge on any atom is -0.497 e. The summed E-state index contributed by atoms with van der Waals surface area (Å²) in [5.74, 6) is -0.447. The highest BCUT2D eigenvalue weighted by atomic mass is 35.5. The van der Waals surface area contributed by atoms with E-state index in [1.807, 2.05) is 0 Å². The van der Waals surface area contributed by atoms with Gasteiger partial charge in [-0.25, -0.2) is 4.39 Å². The molecule has 0 aliphatic heterocycles. The fourth-order valence-electron chi connectivity index (χ4n) is 2.08. The van der Waals surface area contributed by atoms with Gasteiger partial charge in [0.25, 0.3) is 5.91 Å². The van der Waals surface area contributed by atoms with E-state index < -0.39 is 24.3 Å². The maximum atomic E-state index is 13.5. The van der Waals surface area contributed by atoms with Gasteiger partial charge in [0.15, 0.2) is 6.61 Å². The van der Waals surface area contributed by atoms with Crippen LogP contribution < -0.4 is 14.8 Å². The van der Waals surface area contributed by atoms with Gasteiger partial charge in [0.05, 0.1) is 19.4 Å². The van der Waals surface area contributed by atoms with Crippen molar-refractivity contribution in [3.63, 3.8) is 0 Å². The van der Waals surface area contributed by atoms with Crippen LogP contribution in [0.1, 0.15) is 12.8 Å². The molecule has 0 spiro atoms. The Balaban J connectivity index is 1.63. The maximum absolute atomic E-state index is 13.5. The monoisotopic (exact) mass is 395 g/mol. The molecule has 0 unspecified atom stereocenters. The number of rotatable bonds is 9. The van der Waals surface area contributed by atoms with Crippen LogP contribution in [0.25, 0.3) is 0 Å². The number of carbonyl (C=O) groups excluding carboxylic acids is 2. The number of hydrogen-bond donors (Lipinski definition) is 1. The number of halogens is 2. The summed E-state index contributed by atoms with van der Waals surface area (Å²) in [5.41, 5.74) is -0.0727. The molecule has 0 atom stereocenters. The van der Waals surface area contributed by atoms with Gasteiger partial charge in [-0.05, 0) is 48.9 Å². The van der Waals surface area contributed by atoms with Crippen LogP contribution in [-0.2, 0) is 14.3 Å². The van der Waals surface area contributed by atoms with Crippen molar-refractivity contribution in [3.05, 3.63) is 53.3 Å². The third-order valence-electron chi connectivity index (χ3n) is 3.42. The summed E-state index contributed by atoms with van der Waals surface area (Å²) in [4.78, 5) is 23.4. The molecule has 2 aromatic carbocycles. The molecule has 0 fully saturated rings. The number of nitrogens with one attached hydrogen (secondary N) is 1. The largest absolute Gasteiger partial charge is 0.497 e. The Kier molecular flexibility index (Phi) is 7.88. The van der Waals surface area contributed by atoms with Gasteiger partial charge in [0.1, 0.15) is 17.3 Å². The van der Waals surface area contributed by atoms with Crippen molar-refractivity contribution in [2.45, 2.75) is 12.8 Å². The van der Waals surface area contributed by atoms with E-state index in [2.05, 4.69) is 5.32 Å². The third-order valence-corrected chi connectivity index (χ3v) is 3.66. The summed E-state index contributed by atoms with van der Waals surface area (Å²) in [6, 6.07) is 10.8. The van der Waals surface area contributed by atoms with E-state index in [4.69, 9.17) is 25.8 Å². The molecule has 144 valence electrons. The maximum Gasteiger partial charge on any atom is 0.306 e. The highest BCUT2D eigenvalue weighted by Gasteiger charge is 2.11. The van der Waals surface area contributed by atoms with Crippen molar-refractivity contribution in [1.82, 2.24) is 0 Å². The van der Waals surface area contributed by atoms with Crippen molar-refractivity contribution < 1.29 is 28.2 Å². The van der Waals surface area contributed by atoms with Gasteiger partial charge >= 0.3 is 5.97 Å². The number of ether oxygens (including phenoxy) is 3. The van der Waals surface area contributed by atoms with Crippen LogP contribution in [0.2, 0.25) is 5.02 Å². The minimum absolute atomic E-state index is 0.0727. The Hall–Kier alpha value is -2.80. The molecule has 0 saturated heterocycles. The lowest BCUT2D eigenvalue weighted by molar-refractivity contribution is -0.147. The predicted molar refractivity (Wildman–Crippen MR) is 98.7 cm³/mol. The van der Waals surface area contributed by atoms with E-state index in [0.717, 1.165) is 11.8 Å². The average Bonchev–Trinajstić information content (AvgIpc) is 2.67. The Morgan fingerprint density at radius 3 is 2.52 bits per heavy atom. The fourth-order valence-corrected chi connectivity index (χ4v) is 2.25. The lowest BCUT2D eigenvalue weighted by atomic mass is 10.3. The number of carbonyl (C=O) groups is 2. The zero-order valence-electron chi connectivity index (χ0n) is 14.7. The first kappa shape index (κ1) is 20.5. The van der Waals surface area contributed by atoms with E-state index in [1.165, 1.54) is 12.1 Å². The fraction of sp³-hybridized carbons (Fsp3) is 0.263. The summed E-state index contributed by atoms with van der Waals surface area (Å²) in [6.45, 7) is -0.189. The standard InChI is InChI=1S/C19H19ClFNO5/c1-25-14-5-7-15(8-6-14)26-10-2-3-19(24)27-12-18(23)22-17-11-13(20)4-9-16(17)21/h4-9,11H,2-3,10,12H2,1H3,(H,22,23). The van der Waals surface area contributed by atoms with Crippen molar-refractivity contribution in [2.24, 2.45) is 0 Å². The Morgan fingerprint density at radius 1 is 1.11 bits per heavy atom. The summed E-state index contributed by atoms with van der Waals surface area (Å²) in [5, 5.41) is 2.57. The van der Waals surface area contributed by atoms with Gasteiger partial charge in [-0.3, -0.25) is 9.59 Å². The molecule has 0 aliphatic rings. The van der Waals surface area contributed by atoms with Gasteiger partial charge in [-0.15, -0.1) is 0 Å². The van der Waals surface area contributed by atoms with Crippen molar-refractivity contribution >= 4 is 29.2 Å². The number of amides is 1. The molecular formula is C19H19ClFNO5. The van der Waals surface area contributed by atoms with Gasteiger partial charge in [-0.1, -0.05) is 11.6 Å². The van der Waals surface area contributed by atoms with Gasteiger partial charge < -0.3 is 19.5 Å². The van der Waals surface area contributed by atoms with Crippen LogP contribution in [-0.4, -0.2) is 32.2 Å². The van der Waals surface area contributed by atoms with Crippen LogP contribution in [0.4, 0.5) is 10.1 Å². The number of hydrogen-bond acceptors (Lipinski definition) is 5. The lowest BCUT2D eigenvalue weighted by Crippen LogP contribution is -2.21. The molecule has 0 bridgehead atoms. The molecule has 0 aromatic heterocycles. The molecule has 27 heavy (non-hydrogen) atoms. The number of anilines is 1. The smallest absolute Gasteiger partial charge is 0.306 e. The third kappa shape index (κ3) is 7.15. The Bertz CT molecular complexity index is 782. The highest BCUT2D eigenvalue weighted by Crippen LogP contribution is 2.19. The Morgan fingerprint density at radius 2 is 1.81 bits per heavy atom. The topological polar surface area (TPSA) is 73.9 Å². The van der Waals surface area contributed by atoms with Gasteiger partial charge in [0.2, 0.25) is 0 Å². The molecule has 0 heterocycles. The van der Waals surface area contributed by atoms with E-state index in [1.54, 1.807) is 31.4 Å². The summed E-state index contributed by atoms with van der Waals surface area (Å²) in [7, 11) is 1.58. The molecule has 0 radical (unpaired) electrons. The van der Waals surface area contributed by atoms with Gasteiger partial charge in [0, 0.05) is 11.4 Å². The normalized spacial score (nSPS) is 10.2. The molecule has 8 heteroatoms. The average molecular weight is 396 g/mol. The zero-order chi connectivity index (χ0) is 19.6. The molecular weight excluding hydrogens is 377 g/mol. The van der Waals surface area contributed by atoms with Crippen molar-refractivity contribution in [1.29, 1.82) is 0 Å². The van der Waals surface area contributed by atoms with Gasteiger partial charge in [-0.2, -0.15) is 0 Å². The van der Waals surface area contributed by atoms with Crippen molar-refractivity contribution in [2.75, 3.05) is 25.6 Å². The number of benzene rings is 2. The highest BCUT2D eigenvalue weighted by molar-refractivity contribution is 6.30. The molecule has 2 rings (SSSR count). The second kappa shape index (κ2) is 10.4. The summed E-state index contributed by atoms with van der Waals surface area (Å²) < 4.78 is 28.9. The molecule has 2 aromatic rings. The van der Waals surface area contributed by atoms with Crippen LogP contribution in [0.15, 0.2) is 42.5 Å². The van der Waals surface area contributed by atoms with E-state index in [-0.39, 0.29) is 17.1 Å². The molecule has 0 aliphatic carbocycles. The summed E-state index contributed by atoms with van der Waals surface area (Å²) in [6.07, 6.45) is 0.518. The van der Waals surface area contributed by atoms with Crippen LogP contribution in [0.3, 0.4) is 0 Å². The first-order chi connectivity index (χ1) is 13.0. The molecule has 0 saturated carbocycles. The molecule has 1 N–H and O–H groups in total. The summed E-state index contributed by atoms with van der Waals surface area (Å²) >= 11 is 5.74. The van der Waals surface area contributed by atoms with E-state index >= 15 is 0 Å². The van der Waals surface area contributed by atoms with Crippen molar-refractivity contribution in [3.8, 4) is 11.5 Å². The number of esters is 1. The second-order valence-corrected chi connectivity index (χ2v) is 5.90. The molecule has 6 nitrogen and oxygen atoms in total. The van der Waals surface area contributed by atoms with Crippen LogP contribution in [0.5, 0.6) is 11.5 Å². The molecule has 1 amide bonds. The predicted octanol–water partition coefficient (Wildman–Crippen LogP) is 3.83. The lowest BCUT2D eigenvalue weighted by Gasteiger charge is -2.08. The minimum atomic E-state index is -0.654. The van der Waals surface area contributed by atoms with Crippen LogP contribution in [0, 0.1) is 5.82 Å². The first-order valence-electron chi connectivity index (χ1n) is 8.15. The van der Waals surface area contributed by atoms with Crippen LogP contribution >= 0.6 is 11.6 Å². The zero-order valence-corrected chi connectivity index (χ0v) is 15.4. The number of methoxy groups -OCH3 is 1. The SMILES string of the molecule is COc1ccc(OCCCC(=O)OCC(=O)Nc2cc(Cl)ccc2F)cc1.